The summed E-state index contributed by atoms with van der Waals surface area (Å²) in [7, 11) is 1.87. The van der Waals surface area contributed by atoms with Crippen LogP contribution in [0.2, 0.25) is 0 Å². The van der Waals surface area contributed by atoms with Crippen LogP contribution in [0.4, 0.5) is 0 Å². The zero-order chi connectivity index (χ0) is 13.6. The molecule has 3 aromatic rings. The Kier molecular flexibility index (Phi) is 2.68. The molecule has 3 rings (SSSR count). The second-order valence-electron chi connectivity index (χ2n) is 4.80. The molecule has 4 heteroatoms. The molecule has 4 nitrogen and oxygen atoms in total. The number of hydrogen-bond donors (Lipinski definition) is 1. The number of furan rings is 1. The van der Waals surface area contributed by atoms with Gasteiger partial charge in [-0.2, -0.15) is 5.10 Å². The monoisotopic (exact) mass is 256 g/mol. The summed E-state index contributed by atoms with van der Waals surface area (Å²) in [6.07, 6.45) is -0.777. The molecule has 0 amide bonds. The molecule has 1 N–H and O–H groups in total. The van der Waals surface area contributed by atoms with Gasteiger partial charge >= 0.3 is 0 Å². The van der Waals surface area contributed by atoms with E-state index in [4.69, 9.17) is 4.42 Å². The molecule has 2 heterocycles. The highest BCUT2D eigenvalue weighted by Gasteiger charge is 2.22. The molecule has 0 fully saturated rings. The van der Waals surface area contributed by atoms with E-state index in [0.29, 0.717) is 5.76 Å². The molecule has 0 bridgehead atoms. The molecule has 1 aromatic carbocycles. The predicted octanol–water partition coefficient (Wildman–Crippen LogP) is 2.86. The van der Waals surface area contributed by atoms with Crippen molar-refractivity contribution < 1.29 is 9.52 Å². The first-order valence-electron chi connectivity index (χ1n) is 6.24. The van der Waals surface area contributed by atoms with Crippen LogP contribution in [0.15, 0.2) is 34.7 Å². The van der Waals surface area contributed by atoms with Crippen molar-refractivity contribution in [1.82, 2.24) is 9.78 Å². The lowest BCUT2D eigenvalue weighted by molar-refractivity contribution is 0.191. The molecule has 0 aliphatic heterocycles. The molecule has 0 saturated carbocycles. The summed E-state index contributed by atoms with van der Waals surface area (Å²) >= 11 is 0. The van der Waals surface area contributed by atoms with Crippen molar-refractivity contribution in [2.45, 2.75) is 20.0 Å². The molecule has 98 valence electrons. The topological polar surface area (TPSA) is 51.2 Å². The first-order chi connectivity index (χ1) is 9.08. The SMILES string of the molecule is Cc1nn(C)c(C)c1C(O)c1cc2ccccc2o1. The number of aromatic nitrogens is 2. The molecule has 1 unspecified atom stereocenters. The van der Waals surface area contributed by atoms with E-state index >= 15 is 0 Å². The Labute approximate surface area is 111 Å². The van der Waals surface area contributed by atoms with Crippen LogP contribution in [0.25, 0.3) is 11.0 Å². The fourth-order valence-electron chi connectivity index (χ4n) is 2.47. The number of aliphatic hydroxyl groups excluding tert-OH is 1. The van der Waals surface area contributed by atoms with Crippen molar-refractivity contribution >= 4 is 11.0 Å². The van der Waals surface area contributed by atoms with Crippen molar-refractivity contribution in [2.75, 3.05) is 0 Å². The lowest BCUT2D eigenvalue weighted by atomic mass is 10.1. The third-order valence-electron chi connectivity index (χ3n) is 3.55. The Morgan fingerprint density at radius 1 is 1.26 bits per heavy atom. The maximum absolute atomic E-state index is 10.5. The average molecular weight is 256 g/mol. The van der Waals surface area contributed by atoms with E-state index in [1.165, 1.54) is 0 Å². The summed E-state index contributed by atoms with van der Waals surface area (Å²) in [5, 5.41) is 15.8. The molecule has 19 heavy (non-hydrogen) atoms. The van der Waals surface area contributed by atoms with Gasteiger partial charge in [0.05, 0.1) is 5.69 Å². The maximum atomic E-state index is 10.5. The number of aryl methyl sites for hydroxylation is 2. The number of fused-ring (bicyclic) bond motifs is 1. The van der Waals surface area contributed by atoms with E-state index in [-0.39, 0.29) is 0 Å². The average Bonchev–Trinajstić information content (AvgIpc) is 2.91. The summed E-state index contributed by atoms with van der Waals surface area (Å²) in [6, 6.07) is 9.62. The van der Waals surface area contributed by atoms with Gasteiger partial charge in [-0.1, -0.05) is 18.2 Å². The van der Waals surface area contributed by atoms with Gasteiger partial charge in [0.15, 0.2) is 0 Å². The molecule has 0 aliphatic carbocycles. The minimum absolute atomic E-state index is 0.556. The van der Waals surface area contributed by atoms with Crippen LogP contribution < -0.4 is 0 Å². The third-order valence-corrected chi connectivity index (χ3v) is 3.55. The van der Waals surface area contributed by atoms with E-state index in [2.05, 4.69) is 5.10 Å². The minimum atomic E-state index is -0.777. The van der Waals surface area contributed by atoms with E-state index in [9.17, 15) is 5.11 Å². The normalized spacial score (nSPS) is 13.1. The Balaban J connectivity index is 2.10. The van der Waals surface area contributed by atoms with Crippen LogP contribution in [-0.4, -0.2) is 14.9 Å². The van der Waals surface area contributed by atoms with Crippen molar-refractivity contribution in [3.8, 4) is 0 Å². The Hall–Kier alpha value is -2.07. The summed E-state index contributed by atoms with van der Waals surface area (Å²) in [5.74, 6) is 0.556. The van der Waals surface area contributed by atoms with Crippen molar-refractivity contribution in [3.63, 3.8) is 0 Å². The molecular weight excluding hydrogens is 240 g/mol. The van der Waals surface area contributed by atoms with Gasteiger partial charge in [-0.15, -0.1) is 0 Å². The van der Waals surface area contributed by atoms with Gasteiger partial charge in [0.1, 0.15) is 17.4 Å². The molecule has 1 atom stereocenters. The minimum Gasteiger partial charge on any atom is -0.458 e. The standard InChI is InChI=1S/C15H16N2O2/c1-9-14(10(2)17(3)16-9)15(18)13-8-11-6-4-5-7-12(11)19-13/h4-8,15,18H,1-3H3. The highest BCUT2D eigenvalue weighted by Crippen LogP contribution is 2.31. The molecular formula is C15H16N2O2. The van der Waals surface area contributed by atoms with Crippen LogP contribution in [0, 0.1) is 13.8 Å². The number of nitrogens with zero attached hydrogens (tertiary/aromatic N) is 2. The Morgan fingerprint density at radius 3 is 2.63 bits per heavy atom. The summed E-state index contributed by atoms with van der Waals surface area (Å²) in [4.78, 5) is 0. The van der Waals surface area contributed by atoms with Gasteiger partial charge in [0.25, 0.3) is 0 Å². The second-order valence-corrected chi connectivity index (χ2v) is 4.80. The summed E-state index contributed by atoms with van der Waals surface area (Å²) < 4.78 is 7.49. The number of hydrogen-bond acceptors (Lipinski definition) is 3. The lowest BCUT2D eigenvalue weighted by Gasteiger charge is -2.08. The second kappa shape index (κ2) is 4.24. The van der Waals surface area contributed by atoms with Crippen LogP contribution in [-0.2, 0) is 7.05 Å². The van der Waals surface area contributed by atoms with Crippen LogP contribution in [0.1, 0.15) is 28.8 Å². The first kappa shape index (κ1) is 12.0. The third kappa shape index (κ3) is 1.85. The molecule has 0 aliphatic rings. The number of benzene rings is 1. The zero-order valence-corrected chi connectivity index (χ0v) is 11.2. The smallest absolute Gasteiger partial charge is 0.140 e. The van der Waals surface area contributed by atoms with E-state index < -0.39 is 6.10 Å². The van der Waals surface area contributed by atoms with Crippen LogP contribution in [0.3, 0.4) is 0 Å². The fourth-order valence-corrected chi connectivity index (χ4v) is 2.47. The quantitative estimate of drug-likeness (QED) is 0.767. The van der Waals surface area contributed by atoms with Gasteiger partial charge in [0, 0.05) is 23.7 Å². The molecule has 0 radical (unpaired) electrons. The number of rotatable bonds is 2. The summed E-state index contributed by atoms with van der Waals surface area (Å²) in [6.45, 7) is 3.84. The van der Waals surface area contributed by atoms with Gasteiger partial charge in [-0.05, 0) is 26.0 Å². The highest BCUT2D eigenvalue weighted by atomic mass is 16.4. The Morgan fingerprint density at radius 2 is 2.00 bits per heavy atom. The molecule has 2 aromatic heterocycles. The van der Waals surface area contributed by atoms with Crippen LogP contribution >= 0.6 is 0 Å². The first-order valence-corrected chi connectivity index (χ1v) is 6.24. The zero-order valence-electron chi connectivity index (χ0n) is 11.2. The number of para-hydroxylation sites is 1. The van der Waals surface area contributed by atoms with Gasteiger partial charge in [-0.3, -0.25) is 4.68 Å². The highest BCUT2D eigenvalue weighted by molar-refractivity contribution is 5.77. The van der Waals surface area contributed by atoms with Crippen molar-refractivity contribution in [2.24, 2.45) is 7.05 Å². The van der Waals surface area contributed by atoms with E-state index in [0.717, 1.165) is 27.9 Å². The molecule has 0 spiro atoms. The van der Waals surface area contributed by atoms with E-state index in [1.54, 1.807) is 4.68 Å². The van der Waals surface area contributed by atoms with Crippen molar-refractivity contribution in [1.29, 1.82) is 0 Å². The maximum Gasteiger partial charge on any atom is 0.140 e. The summed E-state index contributed by atoms with van der Waals surface area (Å²) in [5.41, 5.74) is 3.38. The van der Waals surface area contributed by atoms with E-state index in [1.807, 2.05) is 51.2 Å². The predicted molar refractivity (Wildman–Crippen MR) is 73.0 cm³/mol. The molecule has 0 saturated heterocycles. The fraction of sp³-hybridized carbons (Fsp3) is 0.267. The van der Waals surface area contributed by atoms with Crippen molar-refractivity contribution in [3.05, 3.63) is 53.0 Å². The largest absolute Gasteiger partial charge is 0.458 e. The van der Waals surface area contributed by atoms with Gasteiger partial charge in [-0.25, -0.2) is 0 Å². The number of aliphatic hydroxyl groups is 1. The van der Waals surface area contributed by atoms with Crippen LogP contribution in [0.5, 0.6) is 0 Å². The van der Waals surface area contributed by atoms with Gasteiger partial charge < -0.3 is 9.52 Å². The lowest BCUT2D eigenvalue weighted by Crippen LogP contribution is -2.01. The Bertz CT molecular complexity index is 707. The van der Waals surface area contributed by atoms with Gasteiger partial charge in [0.2, 0.25) is 0 Å².